The third-order valence-corrected chi connectivity index (χ3v) is 1.57. The summed E-state index contributed by atoms with van der Waals surface area (Å²) in [6.45, 7) is 2.22. The zero-order valence-electron chi connectivity index (χ0n) is 7.29. The molecule has 1 rings (SSSR count). The fourth-order valence-electron chi connectivity index (χ4n) is 0.994. The van der Waals surface area contributed by atoms with Gasteiger partial charge in [-0.1, -0.05) is 0 Å². The first-order chi connectivity index (χ1) is 6.22. The number of aliphatic hydroxyl groups excluding tert-OH is 1. The van der Waals surface area contributed by atoms with Crippen LogP contribution in [0.1, 0.15) is 6.92 Å². The number of nitrogens with one attached hydrogen (secondary N) is 1. The fraction of sp³-hybridized carbons (Fsp3) is 0.500. The SMILES string of the molecule is CCOc1c(NCCO)c(=O)c1=O. The van der Waals surface area contributed by atoms with Gasteiger partial charge in [-0.05, 0) is 6.92 Å². The van der Waals surface area contributed by atoms with E-state index in [1.165, 1.54) is 0 Å². The average Bonchev–Trinajstić information content (AvgIpc) is 2.16. The molecule has 72 valence electrons. The predicted molar refractivity (Wildman–Crippen MR) is 48.1 cm³/mol. The van der Waals surface area contributed by atoms with Crippen LogP contribution in [0.5, 0.6) is 5.75 Å². The molecule has 0 fully saturated rings. The van der Waals surface area contributed by atoms with Crippen LogP contribution in [0.15, 0.2) is 9.59 Å². The average molecular weight is 185 g/mol. The van der Waals surface area contributed by atoms with Crippen LogP contribution < -0.4 is 20.9 Å². The topological polar surface area (TPSA) is 75.6 Å². The van der Waals surface area contributed by atoms with Gasteiger partial charge in [-0.15, -0.1) is 0 Å². The molecule has 1 aromatic rings. The Morgan fingerprint density at radius 3 is 2.62 bits per heavy atom. The van der Waals surface area contributed by atoms with Crippen LogP contribution in [0, 0.1) is 0 Å². The van der Waals surface area contributed by atoms with E-state index in [1.54, 1.807) is 6.92 Å². The van der Waals surface area contributed by atoms with Crippen LogP contribution >= 0.6 is 0 Å². The molecule has 0 radical (unpaired) electrons. The Morgan fingerprint density at radius 2 is 2.08 bits per heavy atom. The van der Waals surface area contributed by atoms with Crippen molar-refractivity contribution < 1.29 is 9.84 Å². The predicted octanol–water partition coefficient (Wildman–Crippen LogP) is -0.914. The Labute approximate surface area is 74.7 Å². The summed E-state index contributed by atoms with van der Waals surface area (Å²) >= 11 is 0. The van der Waals surface area contributed by atoms with Gasteiger partial charge in [0.05, 0.1) is 13.2 Å². The molecule has 1 aromatic carbocycles. The van der Waals surface area contributed by atoms with Crippen LogP contribution in [0.3, 0.4) is 0 Å². The number of rotatable bonds is 5. The van der Waals surface area contributed by atoms with Crippen molar-refractivity contribution in [3.63, 3.8) is 0 Å². The molecule has 0 aromatic heterocycles. The summed E-state index contributed by atoms with van der Waals surface area (Å²) in [6, 6.07) is 0. The van der Waals surface area contributed by atoms with Crippen LogP contribution in [0.2, 0.25) is 0 Å². The van der Waals surface area contributed by atoms with Gasteiger partial charge >= 0.3 is 0 Å². The summed E-state index contributed by atoms with van der Waals surface area (Å²) in [5.41, 5.74) is -0.986. The maximum absolute atomic E-state index is 10.9. The molecule has 0 unspecified atom stereocenters. The van der Waals surface area contributed by atoms with Gasteiger partial charge in [0.25, 0.3) is 10.9 Å². The summed E-state index contributed by atoms with van der Waals surface area (Å²) in [5.74, 6) is 0.0842. The monoisotopic (exact) mass is 185 g/mol. The molecule has 0 bridgehead atoms. The molecule has 0 atom stereocenters. The lowest BCUT2D eigenvalue weighted by molar-refractivity contribution is 0.309. The van der Waals surface area contributed by atoms with E-state index in [1.807, 2.05) is 0 Å². The van der Waals surface area contributed by atoms with Gasteiger partial charge in [0, 0.05) is 6.54 Å². The summed E-state index contributed by atoms with van der Waals surface area (Å²) < 4.78 is 4.94. The first kappa shape index (κ1) is 9.73. The third-order valence-electron chi connectivity index (χ3n) is 1.57. The van der Waals surface area contributed by atoms with E-state index in [4.69, 9.17) is 9.84 Å². The van der Waals surface area contributed by atoms with E-state index in [-0.39, 0.29) is 24.6 Å². The molecule has 2 N–H and O–H groups in total. The highest BCUT2D eigenvalue weighted by molar-refractivity contribution is 5.61. The van der Waals surface area contributed by atoms with E-state index >= 15 is 0 Å². The maximum atomic E-state index is 10.9. The molecule has 0 heterocycles. The molecule has 0 saturated carbocycles. The fourth-order valence-corrected chi connectivity index (χ4v) is 0.994. The van der Waals surface area contributed by atoms with Gasteiger partial charge in [0.15, 0.2) is 5.75 Å². The minimum Gasteiger partial charge on any atom is -0.488 e. The van der Waals surface area contributed by atoms with Crippen LogP contribution in [0.4, 0.5) is 5.69 Å². The number of aliphatic hydroxyl groups is 1. The number of anilines is 1. The quantitative estimate of drug-likeness (QED) is 0.580. The van der Waals surface area contributed by atoms with Crippen molar-refractivity contribution >= 4 is 5.69 Å². The van der Waals surface area contributed by atoms with Crippen molar-refractivity contribution in [3.8, 4) is 5.75 Å². The Balaban J connectivity index is 2.76. The lowest BCUT2D eigenvalue weighted by Gasteiger charge is -2.11. The lowest BCUT2D eigenvalue weighted by Crippen LogP contribution is -2.36. The second-order valence-corrected chi connectivity index (χ2v) is 2.45. The summed E-state index contributed by atoms with van der Waals surface area (Å²) in [5, 5.41) is 11.1. The highest BCUT2D eigenvalue weighted by atomic mass is 16.5. The minimum atomic E-state index is -0.595. The standard InChI is InChI=1S/C8H11NO4/c1-2-13-8-5(9-3-4-10)6(11)7(8)12/h9-10H,2-4H2,1H3. The van der Waals surface area contributed by atoms with Crippen molar-refractivity contribution in [2.24, 2.45) is 0 Å². The first-order valence-electron chi connectivity index (χ1n) is 4.03. The van der Waals surface area contributed by atoms with Gasteiger partial charge in [0.2, 0.25) is 0 Å². The number of ether oxygens (including phenoxy) is 1. The molecule has 0 spiro atoms. The molecule has 13 heavy (non-hydrogen) atoms. The van der Waals surface area contributed by atoms with E-state index in [0.717, 1.165) is 0 Å². The van der Waals surface area contributed by atoms with Crippen molar-refractivity contribution in [1.29, 1.82) is 0 Å². The molecular formula is C8H11NO4. The molecule has 0 aliphatic carbocycles. The van der Waals surface area contributed by atoms with Gasteiger partial charge < -0.3 is 15.2 Å². The van der Waals surface area contributed by atoms with Crippen molar-refractivity contribution in [3.05, 3.63) is 20.4 Å². The third kappa shape index (κ3) is 1.70. The van der Waals surface area contributed by atoms with E-state index < -0.39 is 10.9 Å². The largest absolute Gasteiger partial charge is 0.488 e. The van der Waals surface area contributed by atoms with Crippen molar-refractivity contribution in [2.45, 2.75) is 6.92 Å². The van der Waals surface area contributed by atoms with Crippen molar-refractivity contribution in [2.75, 3.05) is 25.1 Å². The van der Waals surface area contributed by atoms with Crippen LogP contribution in [0.25, 0.3) is 0 Å². The number of hydrogen-bond donors (Lipinski definition) is 2. The molecule has 0 aliphatic rings. The Morgan fingerprint density at radius 1 is 1.38 bits per heavy atom. The molecule has 0 amide bonds. The van der Waals surface area contributed by atoms with Crippen LogP contribution in [-0.2, 0) is 0 Å². The Hall–Kier alpha value is -1.36. The van der Waals surface area contributed by atoms with Gasteiger partial charge in [0.1, 0.15) is 5.69 Å². The maximum Gasteiger partial charge on any atom is 0.272 e. The first-order valence-corrected chi connectivity index (χ1v) is 4.03. The smallest absolute Gasteiger partial charge is 0.272 e. The molecule has 5 nitrogen and oxygen atoms in total. The molecule has 0 aliphatic heterocycles. The lowest BCUT2D eigenvalue weighted by atomic mass is 10.2. The van der Waals surface area contributed by atoms with Crippen molar-refractivity contribution in [1.82, 2.24) is 0 Å². The highest BCUT2D eigenvalue weighted by Gasteiger charge is 2.21. The molecular weight excluding hydrogens is 174 g/mol. The summed E-state index contributed by atoms with van der Waals surface area (Å²) in [6.07, 6.45) is 0. The highest BCUT2D eigenvalue weighted by Crippen LogP contribution is 2.16. The zero-order chi connectivity index (χ0) is 9.84. The summed E-state index contributed by atoms with van der Waals surface area (Å²) in [7, 11) is 0. The van der Waals surface area contributed by atoms with Gasteiger partial charge in [-0.25, -0.2) is 0 Å². The minimum absolute atomic E-state index is 0.0842. The normalized spacial score (nSPS) is 10.3. The van der Waals surface area contributed by atoms with Gasteiger partial charge in [-0.2, -0.15) is 0 Å². The van der Waals surface area contributed by atoms with Crippen LogP contribution in [-0.4, -0.2) is 24.9 Å². The number of hydrogen-bond acceptors (Lipinski definition) is 5. The van der Waals surface area contributed by atoms with E-state index in [0.29, 0.717) is 6.61 Å². The van der Waals surface area contributed by atoms with E-state index in [9.17, 15) is 9.59 Å². The second-order valence-electron chi connectivity index (χ2n) is 2.45. The van der Waals surface area contributed by atoms with Gasteiger partial charge in [-0.3, -0.25) is 9.59 Å². The van der Waals surface area contributed by atoms with E-state index in [2.05, 4.69) is 5.32 Å². The molecule has 5 heteroatoms. The summed E-state index contributed by atoms with van der Waals surface area (Å²) in [4.78, 5) is 21.8. The molecule has 0 saturated heterocycles. The zero-order valence-corrected chi connectivity index (χ0v) is 7.29. The Kier molecular flexibility index (Phi) is 3.02. The Bertz CT molecular complexity index is 351. The second kappa shape index (κ2) is 4.04.